The van der Waals surface area contributed by atoms with Gasteiger partial charge in [0.05, 0.1) is 0 Å². The Balaban J connectivity index is 0.000000208. The van der Waals surface area contributed by atoms with E-state index in [1.165, 1.54) is 25.7 Å². The zero-order chi connectivity index (χ0) is 14.6. The van der Waals surface area contributed by atoms with E-state index in [-0.39, 0.29) is 0 Å². The van der Waals surface area contributed by atoms with Crippen LogP contribution in [-0.4, -0.2) is 0 Å². The molecule has 0 N–H and O–H groups in total. The minimum absolute atomic E-state index is 0.826. The van der Waals surface area contributed by atoms with Gasteiger partial charge in [0.25, 0.3) is 0 Å². The van der Waals surface area contributed by atoms with Crippen molar-refractivity contribution in [3.8, 4) is 0 Å². The van der Waals surface area contributed by atoms with Crippen molar-refractivity contribution in [3.63, 3.8) is 0 Å². The van der Waals surface area contributed by atoms with Crippen LogP contribution in [0.3, 0.4) is 0 Å². The zero-order valence-corrected chi connectivity index (χ0v) is 16.0. The summed E-state index contributed by atoms with van der Waals surface area (Å²) in [6, 6.07) is 0. The molecular weight excluding hydrogens is 366 g/mol. The molecule has 3 rings (SSSR count). The fourth-order valence-corrected chi connectivity index (χ4v) is 2.74. The van der Waals surface area contributed by atoms with Gasteiger partial charge in [0.1, 0.15) is 0 Å². The van der Waals surface area contributed by atoms with Crippen LogP contribution < -0.4 is 0 Å². The van der Waals surface area contributed by atoms with Crippen LogP contribution in [0.2, 0.25) is 0 Å². The molecule has 108 valence electrons. The van der Waals surface area contributed by atoms with Gasteiger partial charge in [-0.3, -0.25) is 6.08 Å². The summed E-state index contributed by atoms with van der Waals surface area (Å²) in [5.74, 6) is 1.75. The van der Waals surface area contributed by atoms with Gasteiger partial charge in [-0.25, -0.2) is 30.2 Å². The molecule has 3 aliphatic rings. The van der Waals surface area contributed by atoms with Gasteiger partial charge in [-0.2, -0.15) is 6.08 Å². The predicted octanol–water partition coefficient (Wildman–Crippen LogP) is 6.20. The molecule has 0 bridgehead atoms. The van der Waals surface area contributed by atoms with E-state index in [1.807, 2.05) is 12.2 Å². The molecule has 0 aliphatic heterocycles. The molecule has 1 fully saturated rings. The Labute approximate surface area is 142 Å². The topological polar surface area (TPSA) is 0 Å². The Bertz CT molecular complexity index is 359. The number of halogens is 2. The summed E-state index contributed by atoms with van der Waals surface area (Å²) in [7, 11) is 9.87. The average Bonchev–Trinajstić information content (AvgIpc) is 3.12. The molecule has 3 heteroatoms. The average molecular weight is 388 g/mol. The van der Waals surface area contributed by atoms with E-state index in [2.05, 4.69) is 43.7 Å². The molecule has 0 saturated heterocycles. The summed E-state index contributed by atoms with van der Waals surface area (Å²) in [4.78, 5) is 0. The van der Waals surface area contributed by atoms with Crippen LogP contribution in [0.1, 0.15) is 39.0 Å². The Hall–Kier alpha value is 0.293. The normalized spacial score (nSPS) is 24.4. The van der Waals surface area contributed by atoms with Gasteiger partial charge in [0.2, 0.25) is 0 Å². The first-order chi connectivity index (χ1) is 9.81. The maximum atomic E-state index is 4.93. The van der Waals surface area contributed by atoms with Crippen LogP contribution in [0.5, 0.6) is 0 Å². The van der Waals surface area contributed by atoms with E-state index >= 15 is 0 Å². The van der Waals surface area contributed by atoms with Crippen molar-refractivity contribution in [1.82, 2.24) is 0 Å². The van der Waals surface area contributed by atoms with Crippen LogP contribution in [-0.2, 0) is 20.8 Å². The third-order valence-corrected chi connectivity index (χ3v) is 3.58. The molecule has 0 aromatic carbocycles. The number of fused-ring (bicyclic) bond motifs is 1. The SMILES string of the molecule is CCCC1[CH-]C2=CC=CCC2C1.[C-]1=CC=CC1.[Cl][Zr+2][Cl]. The first-order valence-electron chi connectivity index (χ1n) is 7.21. The van der Waals surface area contributed by atoms with Gasteiger partial charge < -0.3 is 0 Å². The van der Waals surface area contributed by atoms with Gasteiger partial charge in [0, 0.05) is 0 Å². The number of allylic oxidation sites excluding steroid dienone is 8. The summed E-state index contributed by atoms with van der Waals surface area (Å²) in [6.07, 6.45) is 24.7. The van der Waals surface area contributed by atoms with Crippen molar-refractivity contribution in [2.75, 3.05) is 0 Å². The maximum absolute atomic E-state index is 4.93. The summed E-state index contributed by atoms with van der Waals surface area (Å²) < 4.78 is 0. The molecule has 20 heavy (non-hydrogen) atoms. The van der Waals surface area contributed by atoms with E-state index in [4.69, 9.17) is 17.0 Å². The summed E-state index contributed by atoms with van der Waals surface area (Å²) in [5.41, 5.74) is 1.61. The summed E-state index contributed by atoms with van der Waals surface area (Å²) in [5, 5.41) is 0. The number of rotatable bonds is 2. The molecule has 0 aromatic rings. The molecule has 0 radical (unpaired) electrons. The predicted molar refractivity (Wildman–Crippen MR) is 85.9 cm³/mol. The molecule has 0 heterocycles. The first kappa shape index (κ1) is 18.3. The van der Waals surface area contributed by atoms with Gasteiger partial charge in [-0.05, 0) is 12.3 Å². The zero-order valence-electron chi connectivity index (χ0n) is 12.0. The van der Waals surface area contributed by atoms with Crippen LogP contribution in [0, 0.1) is 24.3 Å². The van der Waals surface area contributed by atoms with Crippen molar-refractivity contribution in [2.24, 2.45) is 11.8 Å². The van der Waals surface area contributed by atoms with Crippen molar-refractivity contribution >= 4 is 17.0 Å². The monoisotopic (exact) mass is 386 g/mol. The molecular formula is C17H22Cl2Zr. The number of hydrogen-bond acceptors (Lipinski definition) is 0. The van der Waals surface area contributed by atoms with Crippen molar-refractivity contribution in [2.45, 2.75) is 39.0 Å². The van der Waals surface area contributed by atoms with Gasteiger partial charge in [-0.15, -0.1) is 18.6 Å². The van der Waals surface area contributed by atoms with Crippen molar-refractivity contribution in [1.29, 1.82) is 0 Å². The third kappa shape index (κ3) is 7.34. The van der Waals surface area contributed by atoms with Gasteiger partial charge in [-0.1, -0.05) is 32.1 Å². The quantitative estimate of drug-likeness (QED) is 0.495. The molecule has 2 atom stereocenters. The third-order valence-electron chi connectivity index (χ3n) is 3.58. The van der Waals surface area contributed by atoms with Crippen molar-refractivity contribution in [3.05, 3.63) is 54.5 Å². The van der Waals surface area contributed by atoms with Crippen LogP contribution in [0.15, 0.2) is 42.0 Å². The molecule has 1 saturated carbocycles. The molecule has 3 aliphatic carbocycles. The van der Waals surface area contributed by atoms with E-state index in [1.54, 1.807) is 5.57 Å². The Morgan fingerprint density at radius 2 is 2.15 bits per heavy atom. The van der Waals surface area contributed by atoms with E-state index < -0.39 is 20.8 Å². The first-order valence-corrected chi connectivity index (χ1v) is 13.5. The molecule has 0 aromatic heterocycles. The van der Waals surface area contributed by atoms with E-state index in [0.29, 0.717) is 0 Å². The van der Waals surface area contributed by atoms with Crippen LogP contribution >= 0.6 is 17.0 Å². The Morgan fingerprint density at radius 3 is 2.65 bits per heavy atom. The second-order valence-electron chi connectivity index (χ2n) is 5.05. The van der Waals surface area contributed by atoms with Crippen LogP contribution in [0.25, 0.3) is 0 Å². The second-order valence-corrected chi connectivity index (χ2v) is 8.78. The summed E-state index contributed by atoms with van der Waals surface area (Å²) >= 11 is -0.826. The fourth-order valence-electron chi connectivity index (χ4n) is 2.74. The minimum atomic E-state index is -0.826. The second kappa shape index (κ2) is 11.9. The molecule has 0 nitrogen and oxygen atoms in total. The van der Waals surface area contributed by atoms with Crippen LogP contribution in [0.4, 0.5) is 0 Å². The van der Waals surface area contributed by atoms with E-state index in [9.17, 15) is 0 Å². The molecule has 2 unspecified atom stereocenters. The van der Waals surface area contributed by atoms with E-state index in [0.717, 1.165) is 18.3 Å². The standard InChI is InChI=1S/C12H17.C5H5.2ClH.Zr/c1-2-5-10-8-11-6-3-4-7-12(11)9-10;1-2-4-5-3-1;;;/h3-4,6,8,10,12H,2,5,7,9H2,1H3;1-3H,4H2;2*1H;/q2*-1;;;+4/p-2. The Kier molecular flexibility index (Phi) is 10.9. The molecule has 0 spiro atoms. The molecule has 0 amide bonds. The fraction of sp³-hybridized carbons (Fsp3) is 0.471. The van der Waals surface area contributed by atoms with Gasteiger partial charge >= 0.3 is 37.9 Å². The Morgan fingerprint density at radius 1 is 1.35 bits per heavy atom. The summed E-state index contributed by atoms with van der Waals surface area (Å²) in [6.45, 7) is 2.28. The van der Waals surface area contributed by atoms with Crippen molar-refractivity contribution < 1.29 is 20.8 Å². The van der Waals surface area contributed by atoms with Gasteiger partial charge in [0.15, 0.2) is 0 Å². The number of hydrogen-bond donors (Lipinski definition) is 0.